The molecule has 6 nitrogen and oxygen atoms in total. The topological polar surface area (TPSA) is 77.5 Å². The summed E-state index contributed by atoms with van der Waals surface area (Å²) in [5, 5.41) is 4.98. The van der Waals surface area contributed by atoms with Crippen LogP contribution in [0.4, 0.5) is 5.13 Å². The molecule has 0 radical (unpaired) electrons. The zero-order valence-electron chi connectivity index (χ0n) is 16.3. The highest BCUT2D eigenvalue weighted by atomic mass is 32.1. The van der Waals surface area contributed by atoms with Crippen LogP contribution in [0.1, 0.15) is 18.9 Å². The Bertz CT molecular complexity index is 954. The first-order chi connectivity index (χ1) is 14.0. The summed E-state index contributed by atoms with van der Waals surface area (Å²) in [5.41, 5.74) is 2.92. The fourth-order valence-electron chi connectivity index (χ4n) is 2.53. The molecule has 3 aromatic rings. The number of benzene rings is 2. The lowest BCUT2D eigenvalue weighted by Gasteiger charge is -2.16. The quantitative estimate of drug-likeness (QED) is 0.555. The number of carbonyl (C=O) groups excluding carboxylic acids is 2. The number of anilines is 1. The second-order valence-electron chi connectivity index (χ2n) is 6.39. The molecule has 1 N–H and O–H groups in total. The molecule has 1 atom stereocenters. The summed E-state index contributed by atoms with van der Waals surface area (Å²) in [5.74, 6) is -0.448. The fourth-order valence-corrected chi connectivity index (χ4v) is 3.27. The van der Waals surface area contributed by atoms with E-state index in [0.29, 0.717) is 17.3 Å². The average molecular weight is 410 g/mol. The van der Waals surface area contributed by atoms with Crippen molar-refractivity contribution in [1.29, 1.82) is 0 Å². The highest BCUT2D eigenvalue weighted by molar-refractivity contribution is 7.14. The predicted molar refractivity (Wildman–Crippen MR) is 113 cm³/mol. The standard InChI is InChI=1S/C22H22N2O4S/c1-3-19(28-17-7-5-4-6-8-17)21(26)27-13-20(25)24-22-23-18(14-29-22)16-11-9-15(2)10-12-16/h4-12,14,19H,3,13H2,1-2H3,(H,23,24,25)/t19-/m1/s1. The van der Waals surface area contributed by atoms with Crippen LogP contribution >= 0.6 is 11.3 Å². The highest BCUT2D eigenvalue weighted by Crippen LogP contribution is 2.25. The van der Waals surface area contributed by atoms with Gasteiger partial charge in [-0.2, -0.15) is 0 Å². The minimum absolute atomic E-state index is 0.396. The maximum atomic E-state index is 12.2. The molecule has 0 aliphatic rings. The molecule has 7 heteroatoms. The lowest BCUT2D eigenvalue weighted by atomic mass is 10.1. The lowest BCUT2D eigenvalue weighted by Crippen LogP contribution is -2.31. The van der Waals surface area contributed by atoms with Crippen molar-refractivity contribution in [3.8, 4) is 17.0 Å². The van der Waals surface area contributed by atoms with E-state index in [1.54, 1.807) is 12.1 Å². The number of rotatable bonds is 8. The average Bonchev–Trinajstić information content (AvgIpc) is 3.20. The summed E-state index contributed by atoms with van der Waals surface area (Å²) >= 11 is 1.32. The Morgan fingerprint density at radius 1 is 1.10 bits per heavy atom. The fraction of sp³-hybridized carbons (Fsp3) is 0.227. The summed E-state index contributed by atoms with van der Waals surface area (Å²) in [4.78, 5) is 28.7. The Hall–Kier alpha value is -3.19. The van der Waals surface area contributed by atoms with Gasteiger partial charge in [0, 0.05) is 10.9 Å². The summed E-state index contributed by atoms with van der Waals surface area (Å²) in [7, 11) is 0. The monoisotopic (exact) mass is 410 g/mol. The molecule has 0 spiro atoms. The highest BCUT2D eigenvalue weighted by Gasteiger charge is 2.21. The number of carbonyl (C=O) groups is 2. The molecule has 1 amide bonds. The summed E-state index contributed by atoms with van der Waals surface area (Å²) in [6.07, 6.45) is -0.333. The van der Waals surface area contributed by atoms with Gasteiger partial charge in [-0.1, -0.05) is 55.0 Å². The predicted octanol–water partition coefficient (Wildman–Crippen LogP) is 4.46. The van der Waals surface area contributed by atoms with Crippen molar-refractivity contribution in [2.45, 2.75) is 26.4 Å². The number of nitrogens with zero attached hydrogens (tertiary/aromatic N) is 1. The molecule has 0 saturated carbocycles. The van der Waals surface area contributed by atoms with Crippen molar-refractivity contribution >= 4 is 28.3 Å². The van der Waals surface area contributed by atoms with Crippen LogP contribution in [-0.2, 0) is 14.3 Å². The number of para-hydroxylation sites is 1. The molecule has 150 valence electrons. The molecule has 0 aliphatic carbocycles. The van der Waals surface area contributed by atoms with E-state index in [1.807, 2.05) is 61.7 Å². The summed E-state index contributed by atoms with van der Waals surface area (Å²) in [6, 6.07) is 17.0. The number of aryl methyl sites for hydroxylation is 1. The smallest absolute Gasteiger partial charge is 0.347 e. The number of hydrogen-bond acceptors (Lipinski definition) is 6. The number of thiazole rings is 1. The molecule has 0 unspecified atom stereocenters. The Morgan fingerprint density at radius 2 is 1.83 bits per heavy atom. The van der Waals surface area contributed by atoms with Gasteiger partial charge in [0.1, 0.15) is 5.75 Å². The van der Waals surface area contributed by atoms with Crippen molar-refractivity contribution in [3.63, 3.8) is 0 Å². The van der Waals surface area contributed by atoms with Crippen molar-refractivity contribution in [1.82, 2.24) is 4.98 Å². The van der Waals surface area contributed by atoms with Crippen molar-refractivity contribution in [3.05, 3.63) is 65.5 Å². The van der Waals surface area contributed by atoms with E-state index in [0.717, 1.165) is 11.3 Å². The van der Waals surface area contributed by atoms with Crippen LogP contribution in [0.2, 0.25) is 0 Å². The molecular weight excluding hydrogens is 388 g/mol. The lowest BCUT2D eigenvalue weighted by molar-refractivity contribution is -0.154. The molecular formula is C22H22N2O4S. The summed E-state index contributed by atoms with van der Waals surface area (Å²) < 4.78 is 10.7. The van der Waals surface area contributed by atoms with Gasteiger partial charge < -0.3 is 9.47 Å². The second-order valence-corrected chi connectivity index (χ2v) is 7.25. The van der Waals surface area contributed by atoms with Crippen molar-refractivity contribution in [2.24, 2.45) is 0 Å². The molecule has 3 rings (SSSR count). The largest absolute Gasteiger partial charge is 0.479 e. The van der Waals surface area contributed by atoms with Crippen LogP contribution < -0.4 is 10.1 Å². The molecule has 0 fully saturated rings. The third-order valence-corrected chi connectivity index (χ3v) is 4.86. The van der Waals surface area contributed by atoms with Crippen LogP contribution in [0.15, 0.2) is 60.0 Å². The van der Waals surface area contributed by atoms with Crippen LogP contribution in [0.3, 0.4) is 0 Å². The Labute approximate surface area is 173 Å². The van der Waals surface area contributed by atoms with Crippen molar-refractivity contribution < 1.29 is 19.1 Å². The number of aromatic nitrogens is 1. The zero-order chi connectivity index (χ0) is 20.6. The Kier molecular flexibility index (Phi) is 6.97. The number of hydrogen-bond donors (Lipinski definition) is 1. The number of ether oxygens (including phenoxy) is 2. The first kappa shape index (κ1) is 20.5. The van der Waals surface area contributed by atoms with E-state index in [1.165, 1.54) is 16.9 Å². The zero-order valence-corrected chi connectivity index (χ0v) is 17.1. The third kappa shape index (κ3) is 5.89. The van der Waals surface area contributed by atoms with Gasteiger partial charge in [0.15, 0.2) is 17.8 Å². The van der Waals surface area contributed by atoms with Crippen LogP contribution in [-0.4, -0.2) is 29.6 Å². The number of nitrogens with one attached hydrogen (secondary N) is 1. The van der Waals surface area contributed by atoms with Gasteiger partial charge in [-0.3, -0.25) is 10.1 Å². The maximum Gasteiger partial charge on any atom is 0.347 e. The first-order valence-corrected chi connectivity index (χ1v) is 10.1. The SMILES string of the molecule is CC[C@@H](Oc1ccccc1)C(=O)OCC(=O)Nc1nc(-c2ccc(C)cc2)cs1. The van der Waals surface area contributed by atoms with Gasteiger partial charge in [0.25, 0.3) is 5.91 Å². The Morgan fingerprint density at radius 3 is 2.52 bits per heavy atom. The maximum absolute atomic E-state index is 12.2. The molecule has 1 heterocycles. The van der Waals surface area contributed by atoms with E-state index < -0.39 is 24.6 Å². The van der Waals surface area contributed by atoms with Crippen LogP contribution in [0.25, 0.3) is 11.3 Å². The van der Waals surface area contributed by atoms with E-state index in [-0.39, 0.29) is 0 Å². The third-order valence-electron chi connectivity index (χ3n) is 4.10. The molecule has 0 aliphatic heterocycles. The first-order valence-electron chi connectivity index (χ1n) is 9.26. The van der Waals surface area contributed by atoms with Gasteiger partial charge in [0.05, 0.1) is 5.69 Å². The van der Waals surface area contributed by atoms with Crippen LogP contribution in [0.5, 0.6) is 5.75 Å². The van der Waals surface area contributed by atoms with E-state index >= 15 is 0 Å². The van der Waals surface area contributed by atoms with E-state index in [2.05, 4.69) is 10.3 Å². The van der Waals surface area contributed by atoms with Gasteiger partial charge >= 0.3 is 5.97 Å². The summed E-state index contributed by atoms with van der Waals surface area (Å²) in [6.45, 7) is 3.44. The van der Waals surface area contributed by atoms with Gasteiger partial charge in [-0.25, -0.2) is 9.78 Å². The minimum atomic E-state index is -0.766. The van der Waals surface area contributed by atoms with Crippen molar-refractivity contribution in [2.75, 3.05) is 11.9 Å². The van der Waals surface area contributed by atoms with Gasteiger partial charge in [0.2, 0.25) is 0 Å². The van der Waals surface area contributed by atoms with Gasteiger partial charge in [-0.05, 0) is 25.5 Å². The Balaban J connectivity index is 1.50. The van der Waals surface area contributed by atoms with E-state index in [4.69, 9.17) is 9.47 Å². The minimum Gasteiger partial charge on any atom is -0.479 e. The molecule has 0 saturated heterocycles. The number of amides is 1. The normalized spacial score (nSPS) is 11.5. The molecule has 29 heavy (non-hydrogen) atoms. The van der Waals surface area contributed by atoms with Crippen LogP contribution in [0, 0.1) is 6.92 Å². The molecule has 1 aromatic heterocycles. The number of esters is 1. The molecule has 0 bridgehead atoms. The second kappa shape index (κ2) is 9.84. The van der Waals surface area contributed by atoms with E-state index in [9.17, 15) is 9.59 Å². The van der Waals surface area contributed by atoms with Gasteiger partial charge in [-0.15, -0.1) is 11.3 Å². The molecule has 2 aromatic carbocycles.